The van der Waals surface area contributed by atoms with Crippen LogP contribution in [0.25, 0.3) is 0 Å². The van der Waals surface area contributed by atoms with Crippen LogP contribution >= 0.6 is 0 Å². The summed E-state index contributed by atoms with van der Waals surface area (Å²) in [5.41, 5.74) is 0.219. The molecule has 0 aromatic rings. The van der Waals surface area contributed by atoms with Gasteiger partial charge >= 0.3 is 0 Å². The summed E-state index contributed by atoms with van der Waals surface area (Å²) in [7, 11) is 0. The van der Waals surface area contributed by atoms with Gasteiger partial charge < -0.3 is 5.11 Å². The van der Waals surface area contributed by atoms with Crippen LogP contribution in [0.1, 0.15) is 46.0 Å². The second kappa shape index (κ2) is 3.57. The standard InChI is InChI=1S/C10H20O/c1-3-10(2,8-11)9-6-4-5-7-9/h9,11H,3-8H2,1-2H3. The summed E-state index contributed by atoms with van der Waals surface area (Å²) in [6.45, 7) is 4.78. The van der Waals surface area contributed by atoms with Gasteiger partial charge in [0.1, 0.15) is 0 Å². The van der Waals surface area contributed by atoms with Crippen LogP contribution in [-0.4, -0.2) is 11.7 Å². The zero-order valence-corrected chi connectivity index (χ0v) is 7.77. The van der Waals surface area contributed by atoms with Crippen LogP contribution in [0.15, 0.2) is 0 Å². The molecule has 0 aromatic heterocycles. The van der Waals surface area contributed by atoms with Crippen molar-refractivity contribution in [2.75, 3.05) is 6.61 Å². The van der Waals surface area contributed by atoms with Gasteiger partial charge in [-0.3, -0.25) is 0 Å². The van der Waals surface area contributed by atoms with Gasteiger partial charge in [-0.25, -0.2) is 0 Å². The molecule has 1 aliphatic carbocycles. The molecule has 1 unspecified atom stereocenters. The quantitative estimate of drug-likeness (QED) is 0.666. The minimum absolute atomic E-state index is 0.219. The molecule has 1 heteroatoms. The van der Waals surface area contributed by atoms with E-state index in [4.69, 9.17) is 0 Å². The van der Waals surface area contributed by atoms with E-state index in [1.54, 1.807) is 0 Å². The fourth-order valence-electron chi connectivity index (χ4n) is 2.15. The van der Waals surface area contributed by atoms with Crippen molar-refractivity contribution >= 4 is 0 Å². The summed E-state index contributed by atoms with van der Waals surface area (Å²) in [5, 5.41) is 9.25. The topological polar surface area (TPSA) is 20.2 Å². The first-order valence-electron chi connectivity index (χ1n) is 4.84. The summed E-state index contributed by atoms with van der Waals surface area (Å²) in [6, 6.07) is 0. The zero-order chi connectivity index (χ0) is 8.32. The van der Waals surface area contributed by atoms with Gasteiger partial charge in [0, 0.05) is 6.61 Å². The number of rotatable bonds is 3. The second-order valence-electron chi connectivity index (χ2n) is 4.15. The fourth-order valence-corrected chi connectivity index (χ4v) is 2.15. The van der Waals surface area contributed by atoms with Crippen molar-refractivity contribution in [3.8, 4) is 0 Å². The highest BCUT2D eigenvalue weighted by atomic mass is 16.3. The number of hydrogen-bond donors (Lipinski definition) is 1. The maximum Gasteiger partial charge on any atom is 0.0487 e. The molecule has 0 amide bonds. The lowest BCUT2D eigenvalue weighted by Gasteiger charge is -2.32. The molecule has 0 bridgehead atoms. The molecule has 11 heavy (non-hydrogen) atoms. The van der Waals surface area contributed by atoms with Crippen molar-refractivity contribution in [2.24, 2.45) is 11.3 Å². The van der Waals surface area contributed by atoms with Gasteiger partial charge in [0.05, 0.1) is 0 Å². The molecule has 1 aliphatic rings. The van der Waals surface area contributed by atoms with Crippen LogP contribution in [0, 0.1) is 11.3 Å². The van der Waals surface area contributed by atoms with Gasteiger partial charge in [0.15, 0.2) is 0 Å². The van der Waals surface area contributed by atoms with Crippen LogP contribution in [0.2, 0.25) is 0 Å². The third-order valence-electron chi connectivity index (χ3n) is 3.51. The molecule has 66 valence electrons. The van der Waals surface area contributed by atoms with E-state index < -0.39 is 0 Å². The monoisotopic (exact) mass is 156 g/mol. The molecule has 0 spiro atoms. The van der Waals surface area contributed by atoms with Crippen LogP contribution in [-0.2, 0) is 0 Å². The first-order chi connectivity index (χ1) is 5.23. The SMILES string of the molecule is CCC(C)(CO)C1CCCC1. The largest absolute Gasteiger partial charge is 0.396 e. The average molecular weight is 156 g/mol. The molecule has 1 nitrogen and oxygen atoms in total. The van der Waals surface area contributed by atoms with Crippen LogP contribution in [0.4, 0.5) is 0 Å². The number of aliphatic hydroxyl groups is 1. The normalized spacial score (nSPS) is 25.4. The molecule has 1 saturated carbocycles. The fraction of sp³-hybridized carbons (Fsp3) is 1.00. The minimum Gasteiger partial charge on any atom is -0.396 e. The van der Waals surface area contributed by atoms with Gasteiger partial charge in [-0.15, -0.1) is 0 Å². The van der Waals surface area contributed by atoms with Gasteiger partial charge in [0.25, 0.3) is 0 Å². The molecule has 1 atom stereocenters. The highest BCUT2D eigenvalue weighted by molar-refractivity contribution is 4.83. The zero-order valence-electron chi connectivity index (χ0n) is 7.77. The lowest BCUT2D eigenvalue weighted by Crippen LogP contribution is -2.28. The summed E-state index contributed by atoms with van der Waals surface area (Å²) in [4.78, 5) is 0. The molecule has 0 heterocycles. The van der Waals surface area contributed by atoms with Crippen molar-refractivity contribution < 1.29 is 5.11 Å². The lowest BCUT2D eigenvalue weighted by atomic mass is 9.75. The molecular weight excluding hydrogens is 136 g/mol. The van der Waals surface area contributed by atoms with E-state index in [1.807, 2.05) is 0 Å². The molecule has 0 aromatic carbocycles. The Morgan fingerprint density at radius 1 is 1.36 bits per heavy atom. The van der Waals surface area contributed by atoms with E-state index >= 15 is 0 Å². The Morgan fingerprint density at radius 3 is 2.27 bits per heavy atom. The maximum absolute atomic E-state index is 9.25. The second-order valence-corrected chi connectivity index (χ2v) is 4.15. The van der Waals surface area contributed by atoms with E-state index in [1.165, 1.54) is 25.7 Å². The Labute approximate surface area is 69.8 Å². The molecule has 0 aliphatic heterocycles. The van der Waals surface area contributed by atoms with Crippen molar-refractivity contribution in [1.29, 1.82) is 0 Å². The van der Waals surface area contributed by atoms with E-state index in [2.05, 4.69) is 13.8 Å². The summed E-state index contributed by atoms with van der Waals surface area (Å²) < 4.78 is 0. The van der Waals surface area contributed by atoms with Crippen LogP contribution < -0.4 is 0 Å². The summed E-state index contributed by atoms with van der Waals surface area (Å²) >= 11 is 0. The predicted molar refractivity (Wildman–Crippen MR) is 47.4 cm³/mol. The predicted octanol–water partition coefficient (Wildman–Crippen LogP) is 2.59. The summed E-state index contributed by atoms with van der Waals surface area (Å²) in [5.74, 6) is 0.789. The molecule has 1 rings (SSSR count). The van der Waals surface area contributed by atoms with Gasteiger partial charge in [-0.1, -0.05) is 26.7 Å². The Kier molecular flexibility index (Phi) is 2.94. The minimum atomic E-state index is 0.219. The van der Waals surface area contributed by atoms with Crippen molar-refractivity contribution in [3.05, 3.63) is 0 Å². The van der Waals surface area contributed by atoms with Crippen molar-refractivity contribution in [1.82, 2.24) is 0 Å². The molecule has 1 N–H and O–H groups in total. The number of aliphatic hydroxyl groups excluding tert-OH is 1. The van der Waals surface area contributed by atoms with E-state index in [-0.39, 0.29) is 5.41 Å². The maximum atomic E-state index is 9.25. The Balaban J connectivity index is 2.52. The molecule has 1 fully saturated rings. The lowest BCUT2D eigenvalue weighted by molar-refractivity contribution is 0.0765. The Bertz CT molecular complexity index is 110. The van der Waals surface area contributed by atoms with Crippen molar-refractivity contribution in [3.63, 3.8) is 0 Å². The third kappa shape index (κ3) is 1.76. The average Bonchev–Trinajstić information content (AvgIpc) is 2.55. The van der Waals surface area contributed by atoms with E-state index in [0.29, 0.717) is 6.61 Å². The Hall–Kier alpha value is -0.0400. The molecule has 0 radical (unpaired) electrons. The van der Waals surface area contributed by atoms with Gasteiger partial charge in [-0.05, 0) is 30.6 Å². The highest BCUT2D eigenvalue weighted by Crippen LogP contribution is 2.41. The summed E-state index contributed by atoms with van der Waals surface area (Å²) in [6.07, 6.45) is 6.55. The Morgan fingerprint density at radius 2 is 1.91 bits per heavy atom. The highest BCUT2D eigenvalue weighted by Gasteiger charge is 2.33. The number of hydrogen-bond acceptors (Lipinski definition) is 1. The van der Waals surface area contributed by atoms with Crippen molar-refractivity contribution in [2.45, 2.75) is 46.0 Å². The smallest absolute Gasteiger partial charge is 0.0487 e. The van der Waals surface area contributed by atoms with Gasteiger partial charge in [0.2, 0.25) is 0 Å². The molecule has 0 saturated heterocycles. The third-order valence-corrected chi connectivity index (χ3v) is 3.51. The van der Waals surface area contributed by atoms with Gasteiger partial charge in [-0.2, -0.15) is 0 Å². The van der Waals surface area contributed by atoms with E-state index in [0.717, 1.165) is 12.3 Å². The molecular formula is C10H20O. The van der Waals surface area contributed by atoms with Crippen LogP contribution in [0.3, 0.4) is 0 Å². The first-order valence-corrected chi connectivity index (χ1v) is 4.84. The van der Waals surface area contributed by atoms with E-state index in [9.17, 15) is 5.11 Å². The van der Waals surface area contributed by atoms with Crippen LogP contribution in [0.5, 0.6) is 0 Å². The first kappa shape index (κ1) is 9.05.